The van der Waals surface area contributed by atoms with Crippen molar-refractivity contribution >= 4 is 5.82 Å². The average Bonchev–Trinajstić information content (AvgIpc) is 2.89. The van der Waals surface area contributed by atoms with Gasteiger partial charge in [0.05, 0.1) is 5.69 Å². The van der Waals surface area contributed by atoms with Crippen molar-refractivity contribution in [2.24, 2.45) is 5.92 Å². The standard InChI is InChI=1S/C19H27N3/c1-2-7-15-10-6-11-17(12-15)18-13-19(20)21-22(18)14-16-8-4-3-5-9-16/h6,10-13,16H,2-5,7-9,14H2,1H3,(H2,20,21). The lowest BCUT2D eigenvalue weighted by Gasteiger charge is -2.22. The predicted molar refractivity (Wildman–Crippen MR) is 92.6 cm³/mol. The summed E-state index contributed by atoms with van der Waals surface area (Å²) in [5, 5.41) is 4.55. The van der Waals surface area contributed by atoms with Crippen molar-refractivity contribution in [2.75, 3.05) is 5.73 Å². The van der Waals surface area contributed by atoms with Crippen LogP contribution in [-0.2, 0) is 13.0 Å². The van der Waals surface area contributed by atoms with Gasteiger partial charge in [0.25, 0.3) is 0 Å². The number of anilines is 1. The average molecular weight is 297 g/mol. The Labute approximate surface area is 133 Å². The fourth-order valence-corrected chi connectivity index (χ4v) is 3.60. The number of nitrogens with zero attached hydrogens (tertiary/aromatic N) is 2. The zero-order chi connectivity index (χ0) is 15.4. The summed E-state index contributed by atoms with van der Waals surface area (Å²) in [6, 6.07) is 10.8. The predicted octanol–water partition coefficient (Wildman–Crippen LogP) is 4.67. The van der Waals surface area contributed by atoms with Crippen LogP contribution < -0.4 is 5.73 Å². The van der Waals surface area contributed by atoms with Gasteiger partial charge in [-0.1, -0.05) is 50.8 Å². The van der Waals surface area contributed by atoms with Crippen molar-refractivity contribution in [2.45, 2.75) is 58.4 Å². The van der Waals surface area contributed by atoms with E-state index in [9.17, 15) is 0 Å². The van der Waals surface area contributed by atoms with Crippen molar-refractivity contribution in [1.82, 2.24) is 9.78 Å². The molecule has 0 spiro atoms. The minimum atomic E-state index is 0.631. The van der Waals surface area contributed by atoms with Crippen molar-refractivity contribution < 1.29 is 0 Å². The van der Waals surface area contributed by atoms with E-state index in [2.05, 4.69) is 41.0 Å². The highest BCUT2D eigenvalue weighted by Gasteiger charge is 2.17. The maximum atomic E-state index is 5.99. The Hall–Kier alpha value is -1.77. The Morgan fingerprint density at radius 2 is 2.00 bits per heavy atom. The first-order valence-corrected chi connectivity index (χ1v) is 8.69. The second-order valence-electron chi connectivity index (χ2n) is 6.59. The summed E-state index contributed by atoms with van der Waals surface area (Å²) in [5.41, 5.74) is 9.79. The normalized spacial score (nSPS) is 16.0. The first-order chi connectivity index (χ1) is 10.8. The summed E-state index contributed by atoms with van der Waals surface area (Å²) in [5.74, 6) is 1.39. The highest BCUT2D eigenvalue weighted by molar-refractivity contribution is 5.63. The van der Waals surface area contributed by atoms with E-state index >= 15 is 0 Å². The van der Waals surface area contributed by atoms with Crippen LogP contribution in [0.1, 0.15) is 51.0 Å². The first-order valence-electron chi connectivity index (χ1n) is 8.69. The van der Waals surface area contributed by atoms with Gasteiger partial charge in [0, 0.05) is 18.2 Å². The van der Waals surface area contributed by atoms with Crippen LogP contribution in [0.25, 0.3) is 11.3 Å². The molecular weight excluding hydrogens is 270 g/mol. The van der Waals surface area contributed by atoms with Crippen LogP contribution in [0.15, 0.2) is 30.3 Å². The van der Waals surface area contributed by atoms with E-state index in [4.69, 9.17) is 5.73 Å². The molecule has 118 valence electrons. The van der Waals surface area contributed by atoms with Gasteiger partial charge in [-0.25, -0.2) is 0 Å². The molecule has 0 amide bonds. The van der Waals surface area contributed by atoms with Crippen LogP contribution in [0.3, 0.4) is 0 Å². The second-order valence-corrected chi connectivity index (χ2v) is 6.59. The summed E-state index contributed by atoms with van der Waals surface area (Å²) >= 11 is 0. The van der Waals surface area contributed by atoms with Gasteiger partial charge in [0.15, 0.2) is 0 Å². The van der Waals surface area contributed by atoms with Gasteiger partial charge in [-0.2, -0.15) is 5.10 Å². The molecule has 1 aliphatic rings. The Morgan fingerprint density at radius 3 is 2.77 bits per heavy atom. The Bertz CT molecular complexity index is 609. The Morgan fingerprint density at radius 1 is 1.18 bits per heavy atom. The van der Waals surface area contributed by atoms with Gasteiger partial charge in [0.1, 0.15) is 5.82 Å². The molecule has 1 saturated carbocycles. The van der Waals surface area contributed by atoms with Crippen LogP contribution in [0.4, 0.5) is 5.82 Å². The number of hydrogen-bond donors (Lipinski definition) is 1. The highest BCUT2D eigenvalue weighted by Crippen LogP contribution is 2.28. The number of rotatable bonds is 5. The van der Waals surface area contributed by atoms with Gasteiger partial charge >= 0.3 is 0 Å². The lowest BCUT2D eigenvalue weighted by Crippen LogP contribution is -2.16. The lowest BCUT2D eigenvalue weighted by molar-refractivity contribution is 0.310. The molecule has 3 heteroatoms. The van der Waals surface area contributed by atoms with Gasteiger partial charge < -0.3 is 5.73 Å². The molecule has 1 aromatic carbocycles. The molecule has 1 aromatic heterocycles. The van der Waals surface area contributed by atoms with Crippen molar-refractivity contribution in [3.8, 4) is 11.3 Å². The summed E-state index contributed by atoms with van der Waals surface area (Å²) in [7, 11) is 0. The maximum absolute atomic E-state index is 5.99. The molecule has 3 nitrogen and oxygen atoms in total. The number of hydrogen-bond acceptors (Lipinski definition) is 2. The minimum absolute atomic E-state index is 0.631. The quantitative estimate of drug-likeness (QED) is 0.872. The van der Waals surface area contributed by atoms with Crippen LogP contribution in [0, 0.1) is 5.92 Å². The number of aromatic nitrogens is 2. The van der Waals surface area contributed by atoms with Crippen LogP contribution in [0.2, 0.25) is 0 Å². The number of benzene rings is 1. The summed E-state index contributed by atoms with van der Waals surface area (Å²) in [6.07, 6.45) is 9.08. The topological polar surface area (TPSA) is 43.8 Å². The number of nitrogens with two attached hydrogens (primary N) is 1. The molecule has 2 N–H and O–H groups in total. The van der Waals surface area contributed by atoms with E-state index in [1.807, 2.05) is 6.07 Å². The van der Waals surface area contributed by atoms with E-state index in [-0.39, 0.29) is 0 Å². The molecule has 0 bridgehead atoms. The Balaban J connectivity index is 1.85. The first kappa shape index (κ1) is 15.1. The van der Waals surface area contributed by atoms with Gasteiger partial charge in [-0.05, 0) is 36.8 Å². The fraction of sp³-hybridized carbons (Fsp3) is 0.526. The zero-order valence-electron chi connectivity index (χ0n) is 13.6. The van der Waals surface area contributed by atoms with Gasteiger partial charge in [-0.15, -0.1) is 0 Å². The molecule has 0 saturated heterocycles. The third-order valence-corrected chi connectivity index (χ3v) is 4.72. The van der Waals surface area contributed by atoms with E-state index in [1.54, 1.807) is 0 Å². The molecule has 22 heavy (non-hydrogen) atoms. The molecule has 0 atom stereocenters. The largest absolute Gasteiger partial charge is 0.382 e. The van der Waals surface area contributed by atoms with Crippen molar-refractivity contribution in [1.29, 1.82) is 0 Å². The van der Waals surface area contributed by atoms with E-state index in [0.29, 0.717) is 5.82 Å². The number of nitrogen functional groups attached to an aromatic ring is 1. The molecule has 2 aromatic rings. The van der Waals surface area contributed by atoms with E-state index < -0.39 is 0 Å². The molecule has 3 rings (SSSR count). The molecule has 0 aliphatic heterocycles. The fourth-order valence-electron chi connectivity index (χ4n) is 3.60. The molecule has 0 unspecified atom stereocenters. The molecule has 1 heterocycles. The maximum Gasteiger partial charge on any atom is 0.146 e. The molecule has 0 radical (unpaired) electrons. The third-order valence-electron chi connectivity index (χ3n) is 4.72. The monoisotopic (exact) mass is 297 g/mol. The van der Waals surface area contributed by atoms with Crippen LogP contribution in [0.5, 0.6) is 0 Å². The highest BCUT2D eigenvalue weighted by atomic mass is 15.3. The number of aryl methyl sites for hydroxylation is 1. The summed E-state index contributed by atoms with van der Waals surface area (Å²) in [6.45, 7) is 3.22. The third kappa shape index (κ3) is 3.52. The van der Waals surface area contributed by atoms with Gasteiger partial charge in [0.2, 0.25) is 0 Å². The zero-order valence-corrected chi connectivity index (χ0v) is 13.6. The van der Waals surface area contributed by atoms with E-state index in [1.165, 1.54) is 55.3 Å². The molecule has 1 fully saturated rings. The van der Waals surface area contributed by atoms with Crippen LogP contribution in [-0.4, -0.2) is 9.78 Å². The SMILES string of the molecule is CCCc1cccc(-c2cc(N)nn2CC2CCCCC2)c1. The smallest absolute Gasteiger partial charge is 0.146 e. The van der Waals surface area contributed by atoms with Crippen LogP contribution >= 0.6 is 0 Å². The van der Waals surface area contributed by atoms with Crippen molar-refractivity contribution in [3.05, 3.63) is 35.9 Å². The minimum Gasteiger partial charge on any atom is -0.382 e. The van der Waals surface area contributed by atoms with Gasteiger partial charge in [-0.3, -0.25) is 4.68 Å². The van der Waals surface area contributed by atoms with Crippen molar-refractivity contribution in [3.63, 3.8) is 0 Å². The second kappa shape index (κ2) is 6.99. The summed E-state index contributed by atoms with van der Waals surface area (Å²) < 4.78 is 2.14. The molecule has 1 aliphatic carbocycles. The Kier molecular flexibility index (Phi) is 4.81. The lowest BCUT2D eigenvalue weighted by atomic mass is 9.89. The summed E-state index contributed by atoms with van der Waals surface area (Å²) in [4.78, 5) is 0. The molecular formula is C19H27N3. The van der Waals surface area contributed by atoms with E-state index in [0.717, 1.165) is 18.9 Å².